The molecule has 0 fully saturated rings. The van der Waals surface area contributed by atoms with Crippen molar-refractivity contribution in [1.29, 1.82) is 0 Å². The monoisotopic (exact) mass is 251 g/mol. The van der Waals surface area contributed by atoms with Crippen molar-refractivity contribution in [2.75, 3.05) is 6.61 Å². The maximum Gasteiger partial charge on any atom is 0.338 e. The lowest BCUT2D eigenvalue weighted by molar-refractivity contribution is -0.159. The summed E-state index contributed by atoms with van der Waals surface area (Å²) in [5, 5.41) is 19.3. The molecule has 1 aromatic carbocycles. The highest BCUT2D eigenvalue weighted by atomic mass is 16.5. The number of esters is 1. The molecule has 6 nitrogen and oxygen atoms in total. The van der Waals surface area contributed by atoms with Gasteiger partial charge in [-0.2, -0.15) is 4.99 Å². The van der Waals surface area contributed by atoms with Crippen LogP contribution < -0.4 is 0 Å². The lowest BCUT2D eigenvalue weighted by atomic mass is 10.0. The molecule has 0 radical (unpaired) electrons. The van der Waals surface area contributed by atoms with E-state index in [-0.39, 0.29) is 17.9 Å². The van der Waals surface area contributed by atoms with Crippen molar-refractivity contribution in [3.05, 3.63) is 29.8 Å². The van der Waals surface area contributed by atoms with Gasteiger partial charge in [0.1, 0.15) is 6.10 Å². The highest BCUT2D eigenvalue weighted by Crippen LogP contribution is 2.22. The number of benzene rings is 1. The maximum atomic E-state index is 11.3. The molecule has 0 aliphatic rings. The van der Waals surface area contributed by atoms with Crippen LogP contribution in [0.5, 0.6) is 0 Å². The van der Waals surface area contributed by atoms with Crippen molar-refractivity contribution >= 4 is 17.7 Å². The second-order valence-corrected chi connectivity index (χ2v) is 3.44. The minimum atomic E-state index is -1.68. The van der Waals surface area contributed by atoms with E-state index in [1.807, 2.05) is 0 Å². The Kier molecular flexibility index (Phi) is 5.20. The predicted octanol–water partition coefficient (Wildman–Crippen LogP) is 0.611. The first kappa shape index (κ1) is 14.1. The number of ether oxygens (including phenoxy) is 1. The lowest BCUT2D eigenvalue weighted by Gasteiger charge is -2.16. The Morgan fingerprint density at radius 3 is 2.83 bits per heavy atom. The number of aliphatic hydroxyl groups excluding tert-OH is 2. The Morgan fingerprint density at radius 1 is 1.50 bits per heavy atom. The van der Waals surface area contributed by atoms with Gasteiger partial charge in [-0.1, -0.05) is 12.1 Å². The van der Waals surface area contributed by atoms with Gasteiger partial charge in [-0.25, -0.2) is 9.59 Å². The van der Waals surface area contributed by atoms with Crippen molar-refractivity contribution in [2.45, 2.75) is 19.1 Å². The third-order valence-corrected chi connectivity index (χ3v) is 2.21. The average Bonchev–Trinajstić information content (AvgIpc) is 2.38. The number of aliphatic hydroxyl groups is 2. The molecule has 6 heteroatoms. The van der Waals surface area contributed by atoms with Crippen LogP contribution in [0.3, 0.4) is 0 Å². The molecular formula is C12H13NO5. The lowest BCUT2D eigenvalue weighted by Crippen LogP contribution is -2.29. The molecule has 0 spiro atoms. The van der Waals surface area contributed by atoms with Gasteiger partial charge in [0.15, 0.2) is 6.10 Å². The minimum absolute atomic E-state index is 0.109. The highest BCUT2D eigenvalue weighted by molar-refractivity contribution is 5.75. The Hall–Kier alpha value is -2.01. The van der Waals surface area contributed by atoms with E-state index in [0.717, 1.165) is 0 Å². The summed E-state index contributed by atoms with van der Waals surface area (Å²) in [6.45, 7) is 1.70. The Morgan fingerprint density at radius 2 is 2.22 bits per heavy atom. The summed E-state index contributed by atoms with van der Waals surface area (Å²) in [5.74, 6) is -0.908. The van der Waals surface area contributed by atoms with E-state index >= 15 is 0 Å². The number of carbonyl (C=O) groups is 1. The molecular weight excluding hydrogens is 238 g/mol. The van der Waals surface area contributed by atoms with E-state index in [0.29, 0.717) is 0 Å². The van der Waals surface area contributed by atoms with Gasteiger partial charge in [0.25, 0.3) is 0 Å². The summed E-state index contributed by atoms with van der Waals surface area (Å²) < 4.78 is 4.59. The van der Waals surface area contributed by atoms with Crippen LogP contribution in [-0.4, -0.2) is 35.0 Å². The van der Waals surface area contributed by atoms with Crippen molar-refractivity contribution in [3.63, 3.8) is 0 Å². The van der Waals surface area contributed by atoms with Crippen LogP contribution in [0.15, 0.2) is 29.3 Å². The third-order valence-electron chi connectivity index (χ3n) is 2.21. The van der Waals surface area contributed by atoms with E-state index in [1.54, 1.807) is 6.92 Å². The minimum Gasteiger partial charge on any atom is -0.464 e. The van der Waals surface area contributed by atoms with E-state index < -0.39 is 18.2 Å². The third kappa shape index (κ3) is 3.49. The van der Waals surface area contributed by atoms with E-state index in [1.165, 1.54) is 30.3 Å². The molecule has 0 heterocycles. The Balaban J connectivity index is 2.89. The molecule has 0 aliphatic heterocycles. The summed E-state index contributed by atoms with van der Waals surface area (Å²) >= 11 is 0. The van der Waals surface area contributed by atoms with E-state index in [2.05, 4.69) is 9.73 Å². The zero-order chi connectivity index (χ0) is 13.5. The van der Waals surface area contributed by atoms with Gasteiger partial charge in [-0.05, 0) is 24.6 Å². The molecule has 1 rings (SSSR count). The molecule has 0 aliphatic carbocycles. The van der Waals surface area contributed by atoms with Crippen molar-refractivity contribution < 1.29 is 24.5 Å². The first-order valence-electron chi connectivity index (χ1n) is 5.30. The van der Waals surface area contributed by atoms with Crippen LogP contribution in [0.4, 0.5) is 5.69 Å². The summed E-state index contributed by atoms with van der Waals surface area (Å²) in [7, 11) is 0. The molecule has 0 amide bonds. The van der Waals surface area contributed by atoms with Crippen molar-refractivity contribution in [2.24, 2.45) is 4.99 Å². The second-order valence-electron chi connectivity index (χ2n) is 3.44. The summed E-state index contributed by atoms with van der Waals surface area (Å²) in [4.78, 5) is 24.7. The maximum absolute atomic E-state index is 11.3. The molecule has 2 unspecified atom stereocenters. The zero-order valence-corrected chi connectivity index (χ0v) is 9.74. The largest absolute Gasteiger partial charge is 0.464 e. The fraction of sp³-hybridized carbons (Fsp3) is 0.333. The summed E-state index contributed by atoms with van der Waals surface area (Å²) in [5.41, 5.74) is 0.532. The molecule has 0 saturated carbocycles. The fourth-order valence-corrected chi connectivity index (χ4v) is 1.37. The fourth-order valence-electron chi connectivity index (χ4n) is 1.37. The van der Waals surface area contributed by atoms with Crippen LogP contribution in [-0.2, 0) is 14.3 Å². The topological polar surface area (TPSA) is 96.2 Å². The smallest absolute Gasteiger partial charge is 0.338 e. The van der Waals surface area contributed by atoms with Crippen molar-refractivity contribution in [3.8, 4) is 0 Å². The van der Waals surface area contributed by atoms with E-state index in [4.69, 9.17) is 0 Å². The van der Waals surface area contributed by atoms with Gasteiger partial charge >= 0.3 is 5.97 Å². The number of carbonyl (C=O) groups excluding carboxylic acids is 2. The van der Waals surface area contributed by atoms with Gasteiger partial charge in [0.05, 0.1) is 12.3 Å². The van der Waals surface area contributed by atoms with Crippen molar-refractivity contribution in [1.82, 2.24) is 0 Å². The molecule has 2 N–H and O–H groups in total. The van der Waals surface area contributed by atoms with Crippen LogP contribution in [0.2, 0.25) is 0 Å². The molecule has 96 valence electrons. The first-order chi connectivity index (χ1) is 8.60. The molecule has 1 aromatic rings. The molecule has 0 bridgehead atoms. The first-order valence-corrected chi connectivity index (χ1v) is 5.30. The average molecular weight is 251 g/mol. The number of rotatable bonds is 5. The molecule has 0 aromatic heterocycles. The SMILES string of the molecule is CCOC(=O)C(O)C(O)c1cccc(N=C=O)c1. The van der Waals surface area contributed by atoms with Gasteiger partial charge < -0.3 is 14.9 Å². The molecule has 2 atom stereocenters. The predicted molar refractivity (Wildman–Crippen MR) is 61.8 cm³/mol. The van der Waals surface area contributed by atoms with E-state index in [9.17, 15) is 19.8 Å². The number of hydrogen-bond acceptors (Lipinski definition) is 6. The number of aliphatic imine (C=N–C) groups is 1. The van der Waals surface area contributed by atoms with Crippen LogP contribution in [0, 0.1) is 0 Å². The Bertz CT molecular complexity index is 467. The quantitative estimate of drug-likeness (QED) is 0.454. The van der Waals surface area contributed by atoms with Crippen LogP contribution in [0.1, 0.15) is 18.6 Å². The Labute approximate surface area is 104 Å². The summed E-state index contributed by atoms with van der Waals surface area (Å²) in [6.07, 6.45) is -1.76. The standard InChI is InChI=1S/C12H13NO5/c1-2-18-12(17)11(16)10(15)8-4-3-5-9(6-8)13-7-14/h3-6,10-11,15-16H,2H2,1H3. The van der Waals surface area contributed by atoms with Gasteiger partial charge in [0, 0.05) is 0 Å². The normalized spacial score (nSPS) is 13.3. The molecule has 18 heavy (non-hydrogen) atoms. The highest BCUT2D eigenvalue weighted by Gasteiger charge is 2.26. The molecule has 0 saturated heterocycles. The van der Waals surface area contributed by atoms with Gasteiger partial charge in [-0.15, -0.1) is 0 Å². The number of isocyanates is 1. The van der Waals surface area contributed by atoms with Gasteiger partial charge in [0.2, 0.25) is 6.08 Å². The summed E-state index contributed by atoms with van der Waals surface area (Å²) in [6, 6.07) is 5.93. The number of hydrogen-bond donors (Lipinski definition) is 2. The van der Waals surface area contributed by atoms with Crippen LogP contribution in [0.25, 0.3) is 0 Å². The van der Waals surface area contributed by atoms with Crippen LogP contribution >= 0.6 is 0 Å². The second kappa shape index (κ2) is 6.66. The number of nitrogens with zero attached hydrogens (tertiary/aromatic N) is 1. The zero-order valence-electron chi connectivity index (χ0n) is 9.74. The van der Waals surface area contributed by atoms with Gasteiger partial charge in [-0.3, -0.25) is 0 Å².